The number of aromatic hydroxyl groups is 1. The highest BCUT2D eigenvalue weighted by atomic mass is 16.5. The highest BCUT2D eigenvalue weighted by Gasteiger charge is 2.45. The van der Waals surface area contributed by atoms with E-state index in [1.807, 2.05) is 45.0 Å². The summed E-state index contributed by atoms with van der Waals surface area (Å²) >= 11 is 0. The van der Waals surface area contributed by atoms with Crippen LogP contribution < -0.4 is 14.7 Å². The van der Waals surface area contributed by atoms with E-state index in [1.54, 1.807) is 19.1 Å². The molecule has 0 spiro atoms. The number of aryl methyl sites for hydroxylation is 1. The minimum atomic E-state index is -0.916. The molecule has 0 saturated heterocycles. The number of aliphatic carboxylic acids is 2. The fourth-order valence-corrected chi connectivity index (χ4v) is 9.77. The molecule has 65 heavy (non-hydrogen) atoms. The van der Waals surface area contributed by atoms with Crippen molar-refractivity contribution in [1.29, 1.82) is 0 Å². The molecule has 11 heteroatoms. The summed E-state index contributed by atoms with van der Waals surface area (Å²) in [5, 5.41) is 33.0. The molecule has 2 aliphatic heterocycles. The summed E-state index contributed by atoms with van der Waals surface area (Å²) < 4.78 is 5.32. The molecule has 0 saturated carbocycles. The van der Waals surface area contributed by atoms with E-state index in [0.29, 0.717) is 17.7 Å². The summed E-state index contributed by atoms with van der Waals surface area (Å²) in [6.07, 6.45) is 7.48. The lowest BCUT2D eigenvalue weighted by Gasteiger charge is -2.33. The predicted octanol–water partition coefficient (Wildman–Crippen LogP) is 10.1. The summed E-state index contributed by atoms with van der Waals surface area (Å²) in [6.45, 7) is 20.7. The largest absolute Gasteiger partial charge is 0.507 e. The molecule has 2 aliphatic rings. The van der Waals surface area contributed by atoms with Gasteiger partial charge in [-0.15, -0.1) is 0 Å². The summed E-state index contributed by atoms with van der Waals surface area (Å²) in [5.41, 5.74) is 7.77. The number of hydrogen-bond donors (Lipinski definition) is 3. The number of phenols is 1. The number of carbonyl (C=O) groups is 4. The molecule has 3 N–H and O–H groups in total. The smallest absolute Gasteiger partial charge is 0.341 e. The van der Waals surface area contributed by atoms with Gasteiger partial charge < -0.3 is 34.8 Å². The Labute approximate surface area is 383 Å². The average molecular weight is 884 g/mol. The van der Waals surface area contributed by atoms with Crippen LogP contribution in [0.3, 0.4) is 0 Å². The van der Waals surface area contributed by atoms with Crippen molar-refractivity contribution < 1.29 is 39.2 Å². The lowest BCUT2D eigenvalue weighted by molar-refractivity contribution is -0.140. The molecule has 4 aromatic rings. The van der Waals surface area contributed by atoms with Crippen LogP contribution >= 0.6 is 0 Å². The Kier molecular flexibility index (Phi) is 14.7. The zero-order valence-corrected chi connectivity index (χ0v) is 39.5. The van der Waals surface area contributed by atoms with Crippen LogP contribution in [0.15, 0.2) is 95.7 Å². The van der Waals surface area contributed by atoms with E-state index < -0.39 is 34.5 Å². The van der Waals surface area contributed by atoms with Crippen molar-refractivity contribution in [2.75, 3.05) is 47.5 Å². The van der Waals surface area contributed by atoms with Gasteiger partial charge in [-0.3, -0.25) is 14.4 Å². The standard InChI is InChI=1S/C54H65N3O8/c1-10-14-35-15-17-37-19-22-44-51(40(37)29-35)54(8,9)48(57(44)26-24-50(62)63)28-34(5)27-47-53(6,7)42-30-36(16-21-43(42)56(47)25-23-49(60)61)31-46(59)41(52(64)65-13-4)32-38-18-20-39(33-45(38)58)55(11-2)12-3/h15-22,27-30,32-33,47,58H,10-14,23-26,31H2,1-9H3,(H,60,61)(H,62,63)/b34-27+,41-32-,48-28+. The molecule has 0 radical (unpaired) electrons. The van der Waals surface area contributed by atoms with Crippen molar-refractivity contribution >= 4 is 57.6 Å². The number of phenolic OH excluding ortho intramolecular Hbond substituents is 1. The first-order chi connectivity index (χ1) is 30.8. The number of ether oxygens (including phenoxy) is 1. The van der Waals surface area contributed by atoms with Crippen LogP contribution in [0.25, 0.3) is 16.8 Å². The monoisotopic (exact) mass is 883 g/mol. The summed E-state index contributed by atoms with van der Waals surface area (Å²) in [7, 11) is 0. The fraction of sp³-hybridized carbons (Fsp3) is 0.407. The number of carboxylic acid groups (broad SMARTS) is 2. The van der Waals surface area contributed by atoms with Crippen molar-refractivity contribution in [3.8, 4) is 5.75 Å². The number of esters is 1. The first-order valence-electron chi connectivity index (χ1n) is 22.9. The topological polar surface area (TPSA) is 148 Å². The van der Waals surface area contributed by atoms with Crippen LogP contribution in [0.4, 0.5) is 17.1 Å². The van der Waals surface area contributed by atoms with E-state index in [4.69, 9.17) is 4.74 Å². The highest BCUT2D eigenvalue weighted by Crippen LogP contribution is 2.52. The number of allylic oxidation sites excluding steroid dienone is 3. The van der Waals surface area contributed by atoms with Crippen molar-refractivity contribution in [3.63, 3.8) is 0 Å². The van der Waals surface area contributed by atoms with Crippen molar-refractivity contribution in [1.82, 2.24) is 0 Å². The number of benzene rings is 4. The van der Waals surface area contributed by atoms with Crippen LogP contribution in [-0.4, -0.2) is 77.8 Å². The Morgan fingerprint density at radius 2 is 1.48 bits per heavy atom. The third-order valence-corrected chi connectivity index (χ3v) is 13.1. The van der Waals surface area contributed by atoms with Gasteiger partial charge in [0.2, 0.25) is 0 Å². The molecule has 2 heterocycles. The quantitative estimate of drug-likeness (QED) is 0.0358. The highest BCUT2D eigenvalue weighted by molar-refractivity contribution is 6.21. The SMILES string of the molecule is CCCc1ccc2ccc3c(c2c1)C(C)(C)/C(=C\C(C)=C\C1N(CCC(=O)O)c2ccc(CC(=O)/C(=C/c4ccc(N(CC)CC)cc4O)C(=O)OCC)cc2C1(C)C)N3CCC(=O)O. The zero-order valence-electron chi connectivity index (χ0n) is 39.5. The molecule has 0 bridgehead atoms. The third kappa shape index (κ3) is 9.99. The number of Topliss-reactive ketones (excluding diaryl/α,β-unsaturated/α-hetero) is 1. The van der Waals surface area contributed by atoms with Crippen LogP contribution in [0, 0.1) is 0 Å². The fourth-order valence-electron chi connectivity index (χ4n) is 9.77. The predicted molar refractivity (Wildman–Crippen MR) is 260 cm³/mol. The molecule has 0 fully saturated rings. The minimum absolute atomic E-state index is 0.0358. The van der Waals surface area contributed by atoms with Gasteiger partial charge in [-0.2, -0.15) is 0 Å². The Morgan fingerprint density at radius 3 is 2.12 bits per heavy atom. The zero-order chi connectivity index (χ0) is 47.4. The van der Waals surface area contributed by atoms with Gasteiger partial charge in [0.05, 0.1) is 25.5 Å². The van der Waals surface area contributed by atoms with Gasteiger partial charge >= 0.3 is 17.9 Å². The minimum Gasteiger partial charge on any atom is -0.507 e. The normalized spacial score (nSPS) is 17.1. The number of nitrogens with zero attached hydrogens (tertiary/aromatic N) is 3. The molecule has 6 rings (SSSR count). The van der Waals surface area contributed by atoms with Gasteiger partial charge in [0.15, 0.2) is 5.78 Å². The van der Waals surface area contributed by atoms with Crippen molar-refractivity contribution in [2.45, 2.75) is 111 Å². The van der Waals surface area contributed by atoms with Gasteiger partial charge in [0.25, 0.3) is 0 Å². The lowest BCUT2D eigenvalue weighted by atomic mass is 9.78. The van der Waals surface area contributed by atoms with Gasteiger partial charge in [-0.25, -0.2) is 4.79 Å². The van der Waals surface area contributed by atoms with Gasteiger partial charge in [-0.1, -0.05) is 89.1 Å². The molecular weight excluding hydrogens is 819 g/mol. The second-order valence-corrected chi connectivity index (χ2v) is 18.3. The summed E-state index contributed by atoms with van der Waals surface area (Å²) in [6, 6.07) is 21.5. The number of fused-ring (bicyclic) bond motifs is 4. The Bertz CT molecular complexity index is 2580. The average Bonchev–Trinajstić information content (AvgIpc) is 3.59. The molecule has 0 aromatic heterocycles. The number of rotatable bonds is 19. The summed E-state index contributed by atoms with van der Waals surface area (Å²) in [5.74, 6) is -3.08. The van der Waals surface area contributed by atoms with E-state index in [9.17, 15) is 34.5 Å². The molecule has 11 nitrogen and oxygen atoms in total. The van der Waals surface area contributed by atoms with Gasteiger partial charge in [0, 0.05) is 77.8 Å². The van der Waals surface area contributed by atoms with E-state index in [2.05, 4.69) is 91.8 Å². The number of carboxylic acids is 2. The molecule has 344 valence electrons. The number of anilines is 3. The second kappa shape index (κ2) is 19.8. The third-order valence-electron chi connectivity index (χ3n) is 13.1. The van der Waals surface area contributed by atoms with Crippen LogP contribution in [0.1, 0.15) is 109 Å². The molecule has 0 aliphatic carbocycles. The molecule has 0 amide bonds. The van der Waals surface area contributed by atoms with Crippen molar-refractivity contribution in [3.05, 3.63) is 124 Å². The molecular formula is C54H65N3O8. The maximum absolute atomic E-state index is 14.1. The van der Waals surface area contributed by atoms with Gasteiger partial charge in [0.1, 0.15) is 11.3 Å². The van der Waals surface area contributed by atoms with E-state index in [-0.39, 0.29) is 49.8 Å². The Balaban J connectivity index is 1.37. The molecule has 4 aromatic carbocycles. The lowest BCUT2D eigenvalue weighted by Crippen LogP contribution is -2.41. The van der Waals surface area contributed by atoms with Crippen LogP contribution in [0.2, 0.25) is 0 Å². The van der Waals surface area contributed by atoms with Crippen molar-refractivity contribution in [2.24, 2.45) is 0 Å². The van der Waals surface area contributed by atoms with Gasteiger partial charge in [-0.05, 0) is 104 Å². The maximum atomic E-state index is 14.1. The number of hydrogen-bond acceptors (Lipinski definition) is 9. The van der Waals surface area contributed by atoms with E-state index in [0.717, 1.165) is 70.6 Å². The Hall–Kier alpha value is -6.36. The summed E-state index contributed by atoms with van der Waals surface area (Å²) in [4.78, 5) is 57.7. The van der Waals surface area contributed by atoms with Crippen LogP contribution in [-0.2, 0) is 47.6 Å². The molecule has 1 unspecified atom stereocenters. The second-order valence-electron chi connectivity index (χ2n) is 18.3. The first kappa shape index (κ1) is 48.1. The Morgan fingerprint density at radius 1 is 0.815 bits per heavy atom. The number of ketones is 1. The molecule has 1 atom stereocenters. The van der Waals surface area contributed by atoms with E-state index >= 15 is 0 Å². The maximum Gasteiger partial charge on any atom is 0.341 e. The first-order valence-corrected chi connectivity index (χ1v) is 22.9. The van der Waals surface area contributed by atoms with E-state index in [1.165, 1.54) is 17.2 Å². The number of carbonyl (C=O) groups excluding carboxylic acids is 2. The van der Waals surface area contributed by atoms with Crippen LogP contribution in [0.5, 0.6) is 5.75 Å².